The number of rotatable bonds is 8. The van der Waals surface area contributed by atoms with Gasteiger partial charge in [-0.25, -0.2) is 4.79 Å². The summed E-state index contributed by atoms with van der Waals surface area (Å²) >= 11 is 0. The number of carbonyl (C=O) groups is 2. The maximum absolute atomic E-state index is 12.8. The van der Waals surface area contributed by atoms with E-state index in [1.807, 2.05) is 57.2 Å². The average molecular weight is 462 g/mol. The first-order valence-electron chi connectivity index (χ1n) is 11.3. The van der Waals surface area contributed by atoms with Crippen LogP contribution in [-0.4, -0.2) is 23.5 Å². The zero-order valence-corrected chi connectivity index (χ0v) is 19.5. The number of amides is 1. The molecule has 1 amide bonds. The molecule has 2 N–H and O–H groups in total. The molecule has 0 fully saturated rings. The summed E-state index contributed by atoms with van der Waals surface area (Å²) in [6, 6.07) is 12.0. The van der Waals surface area contributed by atoms with Gasteiger partial charge in [-0.2, -0.15) is 0 Å². The van der Waals surface area contributed by atoms with Gasteiger partial charge in [-0.3, -0.25) is 9.59 Å². The highest BCUT2D eigenvalue weighted by molar-refractivity contribution is 6.05. The molecule has 0 aliphatic heterocycles. The highest BCUT2D eigenvalue weighted by Crippen LogP contribution is 2.39. The molecule has 0 spiro atoms. The van der Waals surface area contributed by atoms with Gasteiger partial charge in [0.25, 0.3) is 0 Å². The number of fused-ring (bicyclic) bond motifs is 2. The molecule has 34 heavy (non-hydrogen) atoms. The first kappa shape index (κ1) is 23.3. The van der Waals surface area contributed by atoms with Crippen LogP contribution in [0.5, 0.6) is 0 Å². The summed E-state index contributed by atoms with van der Waals surface area (Å²) in [7, 11) is 0. The Morgan fingerprint density at radius 2 is 1.65 bits per heavy atom. The van der Waals surface area contributed by atoms with Gasteiger partial charge in [0.2, 0.25) is 5.91 Å². The second-order valence-corrected chi connectivity index (χ2v) is 8.49. The minimum Gasteiger partial charge on any atom is -0.481 e. The third-order valence-electron chi connectivity index (χ3n) is 6.19. The van der Waals surface area contributed by atoms with Crippen molar-refractivity contribution in [2.45, 2.75) is 46.5 Å². The monoisotopic (exact) mass is 461 g/mol. The van der Waals surface area contributed by atoms with Gasteiger partial charge in [-0.15, -0.1) is 0 Å². The zero-order chi connectivity index (χ0) is 24.4. The molecule has 4 rings (SSSR count). The maximum Gasteiger partial charge on any atom is 0.339 e. The molecule has 0 unspecified atom stereocenters. The Bertz CT molecular complexity index is 1450. The van der Waals surface area contributed by atoms with Crippen LogP contribution in [0.1, 0.15) is 41.7 Å². The SMILES string of the molecule is Cc1oc2c(C)c3oc(=O)c(CCC(=O)NCCCC(=O)O)c(C)c3cc2c1-c1ccccc1. The van der Waals surface area contributed by atoms with E-state index in [4.69, 9.17) is 13.9 Å². The number of hydrogen-bond acceptors (Lipinski definition) is 5. The molecule has 0 aliphatic rings. The highest BCUT2D eigenvalue weighted by Gasteiger charge is 2.21. The highest BCUT2D eigenvalue weighted by atomic mass is 16.4. The van der Waals surface area contributed by atoms with Gasteiger partial charge in [0.15, 0.2) is 0 Å². The van der Waals surface area contributed by atoms with Gasteiger partial charge >= 0.3 is 11.6 Å². The third kappa shape index (κ3) is 4.46. The van der Waals surface area contributed by atoms with Gasteiger partial charge in [0.05, 0.1) is 0 Å². The molecule has 4 aromatic rings. The largest absolute Gasteiger partial charge is 0.481 e. The summed E-state index contributed by atoms with van der Waals surface area (Å²) < 4.78 is 11.8. The van der Waals surface area contributed by atoms with E-state index >= 15 is 0 Å². The number of nitrogens with one attached hydrogen (secondary N) is 1. The minimum absolute atomic E-state index is 0.0000715. The lowest BCUT2D eigenvalue weighted by Gasteiger charge is -2.10. The van der Waals surface area contributed by atoms with Gasteiger partial charge in [-0.05, 0) is 50.8 Å². The summed E-state index contributed by atoms with van der Waals surface area (Å²) in [6.07, 6.45) is 0.717. The number of benzene rings is 2. The van der Waals surface area contributed by atoms with Crippen LogP contribution in [0.2, 0.25) is 0 Å². The molecule has 0 saturated carbocycles. The lowest BCUT2D eigenvalue weighted by molar-refractivity contribution is -0.137. The van der Waals surface area contributed by atoms with E-state index in [2.05, 4.69) is 5.32 Å². The van der Waals surface area contributed by atoms with E-state index in [1.165, 1.54) is 0 Å². The van der Waals surface area contributed by atoms with Crippen LogP contribution in [0.3, 0.4) is 0 Å². The fourth-order valence-corrected chi connectivity index (χ4v) is 4.42. The number of aliphatic carboxylic acids is 1. The standard InChI is InChI=1S/C27H27NO6/c1-15-19(11-12-22(29)28-13-7-10-23(30)31)27(32)34-25-16(2)26-21(14-20(15)25)24(17(3)33-26)18-8-5-4-6-9-18/h4-6,8-9,14H,7,10-13H2,1-3H3,(H,28,29)(H,30,31). The molecule has 0 saturated heterocycles. The van der Waals surface area contributed by atoms with Crippen LogP contribution in [0.25, 0.3) is 33.1 Å². The molecule has 0 atom stereocenters. The Kier molecular flexibility index (Phi) is 6.54. The Morgan fingerprint density at radius 1 is 0.941 bits per heavy atom. The van der Waals surface area contributed by atoms with Crippen LogP contribution >= 0.6 is 0 Å². The fourth-order valence-electron chi connectivity index (χ4n) is 4.42. The predicted octanol–water partition coefficient (Wildman–Crippen LogP) is 5.05. The molecule has 176 valence electrons. The Labute approximate surface area is 196 Å². The molecular weight excluding hydrogens is 434 g/mol. The number of aryl methyl sites for hydroxylation is 3. The van der Waals surface area contributed by atoms with Crippen molar-refractivity contribution in [1.82, 2.24) is 5.32 Å². The van der Waals surface area contributed by atoms with Crippen molar-refractivity contribution in [2.75, 3.05) is 6.54 Å². The van der Waals surface area contributed by atoms with Crippen molar-refractivity contribution in [3.05, 3.63) is 69.3 Å². The third-order valence-corrected chi connectivity index (χ3v) is 6.19. The summed E-state index contributed by atoms with van der Waals surface area (Å²) in [5.41, 5.74) is 4.80. The van der Waals surface area contributed by atoms with Crippen molar-refractivity contribution < 1.29 is 23.5 Å². The lowest BCUT2D eigenvalue weighted by atomic mass is 9.96. The molecular formula is C27H27NO6. The van der Waals surface area contributed by atoms with E-state index in [1.54, 1.807) is 0 Å². The van der Waals surface area contributed by atoms with Crippen LogP contribution in [-0.2, 0) is 16.0 Å². The van der Waals surface area contributed by atoms with Crippen LogP contribution in [0.15, 0.2) is 50.0 Å². The number of furan rings is 1. The predicted molar refractivity (Wildman–Crippen MR) is 130 cm³/mol. The number of carboxylic acids is 1. The van der Waals surface area contributed by atoms with Gasteiger partial charge in [0.1, 0.15) is 16.9 Å². The Morgan fingerprint density at radius 3 is 2.35 bits per heavy atom. The zero-order valence-electron chi connectivity index (χ0n) is 19.5. The van der Waals surface area contributed by atoms with Gasteiger partial charge < -0.3 is 19.3 Å². The smallest absolute Gasteiger partial charge is 0.339 e. The molecule has 2 aromatic carbocycles. The average Bonchev–Trinajstić information content (AvgIpc) is 3.14. The van der Waals surface area contributed by atoms with Gasteiger partial charge in [0, 0.05) is 46.8 Å². The maximum atomic E-state index is 12.8. The van der Waals surface area contributed by atoms with E-state index in [9.17, 15) is 14.4 Å². The quantitative estimate of drug-likeness (QED) is 0.281. The van der Waals surface area contributed by atoms with Crippen molar-refractivity contribution in [3.63, 3.8) is 0 Å². The number of hydrogen-bond donors (Lipinski definition) is 2. The molecule has 0 radical (unpaired) electrons. The van der Waals surface area contributed by atoms with Crippen molar-refractivity contribution in [2.24, 2.45) is 0 Å². The Balaban J connectivity index is 1.69. The summed E-state index contributed by atoms with van der Waals surface area (Å²) in [5, 5.41) is 13.2. The first-order chi connectivity index (χ1) is 16.3. The van der Waals surface area contributed by atoms with E-state index < -0.39 is 11.6 Å². The van der Waals surface area contributed by atoms with Crippen LogP contribution < -0.4 is 10.9 Å². The summed E-state index contributed by atoms with van der Waals surface area (Å²) in [4.78, 5) is 35.5. The summed E-state index contributed by atoms with van der Waals surface area (Å²) in [5.74, 6) is -0.335. The molecule has 2 heterocycles. The van der Waals surface area contributed by atoms with Crippen molar-refractivity contribution in [3.8, 4) is 11.1 Å². The van der Waals surface area contributed by atoms with Crippen LogP contribution in [0.4, 0.5) is 0 Å². The van der Waals surface area contributed by atoms with Crippen molar-refractivity contribution in [1.29, 1.82) is 0 Å². The van der Waals surface area contributed by atoms with Crippen molar-refractivity contribution >= 4 is 33.8 Å². The topological polar surface area (TPSA) is 110 Å². The molecule has 2 aromatic heterocycles. The van der Waals surface area contributed by atoms with Crippen LogP contribution in [0, 0.1) is 20.8 Å². The summed E-state index contributed by atoms with van der Waals surface area (Å²) in [6.45, 7) is 5.97. The number of carbonyl (C=O) groups excluding carboxylic acids is 1. The molecule has 0 aliphatic carbocycles. The minimum atomic E-state index is -0.897. The molecule has 0 bridgehead atoms. The second kappa shape index (κ2) is 9.55. The number of carboxylic acid groups (broad SMARTS) is 1. The lowest BCUT2D eigenvalue weighted by Crippen LogP contribution is -2.26. The van der Waals surface area contributed by atoms with Gasteiger partial charge in [-0.1, -0.05) is 30.3 Å². The van der Waals surface area contributed by atoms with E-state index in [0.29, 0.717) is 23.2 Å². The van der Waals surface area contributed by atoms with E-state index in [0.717, 1.165) is 38.8 Å². The Hall–Kier alpha value is -3.87. The fraction of sp³-hybridized carbons (Fsp3) is 0.296. The normalized spacial score (nSPS) is 11.3. The first-order valence-corrected chi connectivity index (χ1v) is 11.3. The second-order valence-electron chi connectivity index (χ2n) is 8.49. The van der Waals surface area contributed by atoms with E-state index in [-0.39, 0.29) is 31.7 Å². The molecule has 7 heteroatoms. The molecule has 7 nitrogen and oxygen atoms in total.